The van der Waals surface area contributed by atoms with Crippen LogP contribution in [0.1, 0.15) is 17.0 Å². The Morgan fingerprint density at radius 2 is 2.00 bits per heavy atom. The van der Waals surface area contributed by atoms with Gasteiger partial charge in [-0.05, 0) is 26.3 Å². The summed E-state index contributed by atoms with van der Waals surface area (Å²) in [5, 5.41) is 9.00. The molecular weight excluding hydrogens is 252 g/mol. The normalized spacial score (nSPS) is 11.3. The maximum atomic E-state index is 6.00. The minimum absolute atomic E-state index is 0.371. The van der Waals surface area contributed by atoms with E-state index in [0.717, 1.165) is 22.8 Å². The van der Waals surface area contributed by atoms with Crippen molar-refractivity contribution in [1.29, 1.82) is 0 Å². The van der Waals surface area contributed by atoms with Gasteiger partial charge in [0.05, 0.1) is 5.69 Å². The molecule has 0 aliphatic heterocycles. The molecule has 6 nitrogen and oxygen atoms in total. The van der Waals surface area contributed by atoms with Crippen molar-refractivity contribution in [3.8, 4) is 5.82 Å². The van der Waals surface area contributed by atoms with Gasteiger partial charge in [0.2, 0.25) is 0 Å². The molecule has 0 spiro atoms. The highest BCUT2D eigenvalue weighted by molar-refractivity contribution is 6.29. The molecule has 3 aromatic rings. The van der Waals surface area contributed by atoms with E-state index >= 15 is 0 Å². The van der Waals surface area contributed by atoms with Crippen LogP contribution in [0.4, 0.5) is 0 Å². The van der Waals surface area contributed by atoms with E-state index in [2.05, 4.69) is 20.2 Å². The first-order valence-corrected chi connectivity index (χ1v) is 5.85. The number of fused-ring (bicyclic) bond motifs is 1. The van der Waals surface area contributed by atoms with E-state index in [9.17, 15) is 0 Å². The molecule has 3 aromatic heterocycles. The monoisotopic (exact) mass is 262 g/mol. The first kappa shape index (κ1) is 11.2. The van der Waals surface area contributed by atoms with Crippen LogP contribution in [0.25, 0.3) is 11.6 Å². The first-order chi connectivity index (χ1) is 8.58. The highest BCUT2D eigenvalue weighted by Crippen LogP contribution is 2.19. The lowest BCUT2D eigenvalue weighted by molar-refractivity contribution is 0.755. The Morgan fingerprint density at radius 3 is 2.67 bits per heavy atom. The zero-order valence-electron chi connectivity index (χ0n) is 10.2. The number of hydrogen-bond donors (Lipinski definition) is 0. The van der Waals surface area contributed by atoms with Crippen LogP contribution < -0.4 is 0 Å². The van der Waals surface area contributed by atoms with Gasteiger partial charge in [0.15, 0.2) is 5.82 Å². The zero-order valence-corrected chi connectivity index (χ0v) is 11.0. The first-order valence-electron chi connectivity index (χ1n) is 5.47. The Balaban J connectivity index is 2.37. The summed E-state index contributed by atoms with van der Waals surface area (Å²) in [5.41, 5.74) is 3.18. The molecule has 0 amide bonds. The van der Waals surface area contributed by atoms with Crippen LogP contribution >= 0.6 is 11.6 Å². The van der Waals surface area contributed by atoms with E-state index in [1.165, 1.54) is 6.33 Å². The van der Waals surface area contributed by atoms with Crippen molar-refractivity contribution in [3.63, 3.8) is 0 Å². The Bertz CT molecular complexity index is 741. The van der Waals surface area contributed by atoms with E-state index < -0.39 is 0 Å². The summed E-state index contributed by atoms with van der Waals surface area (Å²) >= 11 is 6.00. The highest BCUT2D eigenvalue weighted by Gasteiger charge is 2.14. The van der Waals surface area contributed by atoms with E-state index in [4.69, 9.17) is 11.6 Å². The number of hydrogen-bond acceptors (Lipinski definition) is 4. The van der Waals surface area contributed by atoms with Crippen molar-refractivity contribution < 1.29 is 0 Å². The second kappa shape index (κ2) is 3.78. The minimum atomic E-state index is 0.371. The zero-order chi connectivity index (χ0) is 12.9. The molecule has 92 valence electrons. The molecule has 3 heterocycles. The predicted molar refractivity (Wildman–Crippen MR) is 67.1 cm³/mol. The summed E-state index contributed by atoms with van der Waals surface area (Å²) in [4.78, 5) is 8.13. The summed E-state index contributed by atoms with van der Waals surface area (Å²) in [6, 6.07) is 1.72. The molecule has 0 unspecified atom stereocenters. The maximum Gasteiger partial charge on any atom is 0.255 e. The molecule has 0 atom stereocenters. The van der Waals surface area contributed by atoms with Crippen molar-refractivity contribution in [3.05, 3.63) is 34.5 Å². The van der Waals surface area contributed by atoms with E-state index in [1.807, 2.05) is 20.8 Å². The van der Waals surface area contributed by atoms with Crippen LogP contribution in [0.3, 0.4) is 0 Å². The van der Waals surface area contributed by atoms with E-state index in [1.54, 1.807) is 15.3 Å². The molecule has 0 saturated heterocycles. The fraction of sp³-hybridized carbons (Fsp3) is 0.273. The number of aromatic nitrogens is 6. The fourth-order valence-electron chi connectivity index (χ4n) is 1.86. The van der Waals surface area contributed by atoms with Gasteiger partial charge in [0.1, 0.15) is 11.5 Å². The molecule has 0 N–H and O–H groups in total. The number of rotatable bonds is 1. The summed E-state index contributed by atoms with van der Waals surface area (Å²) in [7, 11) is 0. The van der Waals surface area contributed by atoms with Gasteiger partial charge in [-0.25, -0.2) is 4.68 Å². The van der Waals surface area contributed by atoms with Crippen molar-refractivity contribution in [1.82, 2.24) is 29.4 Å². The van der Waals surface area contributed by atoms with Gasteiger partial charge < -0.3 is 0 Å². The van der Waals surface area contributed by atoms with Gasteiger partial charge in [-0.1, -0.05) is 11.6 Å². The van der Waals surface area contributed by atoms with Crippen molar-refractivity contribution in [2.45, 2.75) is 20.8 Å². The third-order valence-electron chi connectivity index (χ3n) is 3.07. The second-order valence-corrected chi connectivity index (χ2v) is 4.50. The molecular formula is C11H11ClN6. The molecule has 0 aromatic carbocycles. The van der Waals surface area contributed by atoms with Crippen LogP contribution in [0.2, 0.25) is 5.15 Å². The Hall–Kier alpha value is -1.95. The molecule has 3 rings (SSSR count). The van der Waals surface area contributed by atoms with Crippen molar-refractivity contribution >= 4 is 17.4 Å². The van der Waals surface area contributed by atoms with Crippen molar-refractivity contribution in [2.75, 3.05) is 0 Å². The number of nitrogens with zero attached hydrogens (tertiary/aromatic N) is 6. The topological polar surface area (TPSA) is 60.9 Å². The molecule has 0 aliphatic carbocycles. The third-order valence-corrected chi connectivity index (χ3v) is 3.27. The molecule has 18 heavy (non-hydrogen) atoms. The van der Waals surface area contributed by atoms with E-state index in [-0.39, 0.29) is 0 Å². The lowest BCUT2D eigenvalue weighted by Gasteiger charge is -2.06. The highest BCUT2D eigenvalue weighted by atomic mass is 35.5. The predicted octanol–water partition coefficient (Wildman–Crippen LogP) is 1.89. The van der Waals surface area contributed by atoms with Gasteiger partial charge in [-0.3, -0.25) is 0 Å². The number of halogens is 1. The lowest BCUT2D eigenvalue weighted by atomic mass is 10.2. The standard InChI is InChI=1S/C11H11ClN6/c1-6-7(2)16-17(8(6)3)10-4-9(12)15-11-13-5-14-18(10)11/h4-5H,1-3H3. The van der Waals surface area contributed by atoms with Gasteiger partial charge in [0.25, 0.3) is 5.78 Å². The molecule has 0 bridgehead atoms. The van der Waals surface area contributed by atoms with Crippen LogP contribution in [0.15, 0.2) is 12.4 Å². The summed E-state index contributed by atoms with van der Waals surface area (Å²) in [5.74, 6) is 1.19. The van der Waals surface area contributed by atoms with Gasteiger partial charge in [-0.2, -0.15) is 24.7 Å². The van der Waals surface area contributed by atoms with Gasteiger partial charge in [-0.15, -0.1) is 0 Å². The quantitative estimate of drug-likeness (QED) is 0.629. The average Bonchev–Trinajstić information content (AvgIpc) is 2.88. The Labute approximate surface area is 108 Å². The summed E-state index contributed by atoms with van der Waals surface area (Å²) in [6.07, 6.45) is 1.45. The lowest BCUT2D eigenvalue weighted by Crippen LogP contribution is -2.08. The summed E-state index contributed by atoms with van der Waals surface area (Å²) < 4.78 is 3.42. The maximum absolute atomic E-state index is 6.00. The van der Waals surface area contributed by atoms with Crippen LogP contribution in [-0.2, 0) is 0 Å². The van der Waals surface area contributed by atoms with Crippen LogP contribution in [-0.4, -0.2) is 29.4 Å². The number of aryl methyl sites for hydroxylation is 1. The van der Waals surface area contributed by atoms with E-state index in [0.29, 0.717) is 10.9 Å². The van der Waals surface area contributed by atoms with Crippen molar-refractivity contribution in [2.24, 2.45) is 0 Å². The Kier molecular flexibility index (Phi) is 2.34. The minimum Gasteiger partial charge on any atom is -0.219 e. The second-order valence-electron chi connectivity index (χ2n) is 4.12. The molecule has 0 aliphatic rings. The van der Waals surface area contributed by atoms with Crippen LogP contribution in [0, 0.1) is 20.8 Å². The largest absolute Gasteiger partial charge is 0.255 e. The van der Waals surface area contributed by atoms with Gasteiger partial charge in [0, 0.05) is 11.8 Å². The van der Waals surface area contributed by atoms with Crippen LogP contribution in [0.5, 0.6) is 0 Å². The Morgan fingerprint density at radius 1 is 1.22 bits per heavy atom. The third kappa shape index (κ3) is 1.49. The molecule has 7 heteroatoms. The molecule has 0 fully saturated rings. The smallest absolute Gasteiger partial charge is 0.219 e. The van der Waals surface area contributed by atoms with Gasteiger partial charge >= 0.3 is 0 Å². The molecule has 0 radical (unpaired) electrons. The summed E-state index contributed by atoms with van der Waals surface area (Å²) in [6.45, 7) is 6.02. The average molecular weight is 263 g/mol. The molecule has 0 saturated carbocycles. The fourth-order valence-corrected chi connectivity index (χ4v) is 2.04. The SMILES string of the molecule is Cc1nn(-c2cc(Cl)nc3ncnn23)c(C)c1C.